The molecular formula is C26H28N2O5. The molecule has 0 fully saturated rings. The fourth-order valence-electron chi connectivity index (χ4n) is 3.13. The number of amides is 1. The van der Waals surface area contributed by atoms with E-state index < -0.39 is 0 Å². The van der Waals surface area contributed by atoms with E-state index in [2.05, 4.69) is 10.6 Å². The van der Waals surface area contributed by atoms with Gasteiger partial charge in [0.25, 0.3) is 5.91 Å². The van der Waals surface area contributed by atoms with Crippen LogP contribution in [0.5, 0.6) is 11.5 Å². The van der Waals surface area contributed by atoms with Gasteiger partial charge in [0.1, 0.15) is 0 Å². The van der Waals surface area contributed by atoms with E-state index in [1.54, 1.807) is 32.2 Å². The number of esters is 1. The maximum Gasteiger partial charge on any atom is 0.338 e. The van der Waals surface area contributed by atoms with Crippen LogP contribution in [0.2, 0.25) is 0 Å². The summed E-state index contributed by atoms with van der Waals surface area (Å²) in [4.78, 5) is 24.2. The molecule has 33 heavy (non-hydrogen) atoms. The summed E-state index contributed by atoms with van der Waals surface area (Å²) in [6.07, 6.45) is 0. The van der Waals surface area contributed by atoms with Gasteiger partial charge in [0.15, 0.2) is 18.1 Å². The third-order valence-corrected chi connectivity index (χ3v) is 4.84. The largest absolute Gasteiger partial charge is 0.493 e. The Morgan fingerprint density at radius 3 is 2.27 bits per heavy atom. The summed E-state index contributed by atoms with van der Waals surface area (Å²) in [6.45, 7) is 4.37. The van der Waals surface area contributed by atoms with Gasteiger partial charge in [0, 0.05) is 23.5 Å². The van der Waals surface area contributed by atoms with E-state index in [-0.39, 0.29) is 18.5 Å². The monoisotopic (exact) mass is 448 g/mol. The van der Waals surface area contributed by atoms with E-state index >= 15 is 0 Å². The lowest BCUT2D eigenvalue weighted by molar-refractivity contribution is -0.118. The molecule has 0 aliphatic heterocycles. The zero-order chi connectivity index (χ0) is 23.6. The molecule has 0 heterocycles. The molecule has 3 aromatic carbocycles. The summed E-state index contributed by atoms with van der Waals surface area (Å²) in [5.74, 6) is 0.416. The third kappa shape index (κ3) is 6.74. The number of benzene rings is 3. The molecule has 1 amide bonds. The van der Waals surface area contributed by atoms with E-state index in [4.69, 9.17) is 14.2 Å². The van der Waals surface area contributed by atoms with Gasteiger partial charge in [0.2, 0.25) is 0 Å². The second-order valence-corrected chi connectivity index (χ2v) is 7.30. The number of hydrogen-bond donors (Lipinski definition) is 2. The van der Waals surface area contributed by atoms with Crippen LogP contribution >= 0.6 is 0 Å². The highest BCUT2D eigenvalue weighted by molar-refractivity contribution is 5.92. The number of aryl methyl sites for hydroxylation is 1. The van der Waals surface area contributed by atoms with Crippen LogP contribution in [0.15, 0.2) is 66.7 Å². The smallest absolute Gasteiger partial charge is 0.338 e. The average Bonchev–Trinajstić information content (AvgIpc) is 2.83. The number of nitrogens with one attached hydrogen (secondary N) is 2. The van der Waals surface area contributed by atoms with Crippen LogP contribution in [0.25, 0.3) is 0 Å². The van der Waals surface area contributed by atoms with E-state index in [1.165, 1.54) is 0 Å². The number of hydrogen-bond acceptors (Lipinski definition) is 6. The molecule has 0 unspecified atom stereocenters. The lowest BCUT2D eigenvalue weighted by atomic mass is 10.1. The average molecular weight is 449 g/mol. The second kappa shape index (κ2) is 11.6. The molecule has 0 bridgehead atoms. The molecule has 0 aliphatic rings. The van der Waals surface area contributed by atoms with Gasteiger partial charge in [-0.15, -0.1) is 0 Å². The van der Waals surface area contributed by atoms with Crippen molar-refractivity contribution in [3.63, 3.8) is 0 Å². The van der Waals surface area contributed by atoms with Crippen molar-refractivity contribution < 1.29 is 23.8 Å². The Morgan fingerprint density at radius 2 is 1.61 bits per heavy atom. The van der Waals surface area contributed by atoms with Crippen molar-refractivity contribution in [2.75, 3.05) is 31.0 Å². The summed E-state index contributed by atoms with van der Waals surface area (Å²) in [5, 5.41) is 6.11. The van der Waals surface area contributed by atoms with Crippen LogP contribution in [0, 0.1) is 6.92 Å². The minimum absolute atomic E-state index is 0.157. The van der Waals surface area contributed by atoms with Gasteiger partial charge in [0.05, 0.1) is 19.3 Å². The van der Waals surface area contributed by atoms with Crippen molar-refractivity contribution in [3.05, 3.63) is 83.4 Å². The molecule has 0 atom stereocenters. The Morgan fingerprint density at radius 1 is 0.909 bits per heavy atom. The Kier molecular flexibility index (Phi) is 8.30. The zero-order valence-electron chi connectivity index (χ0n) is 19.0. The van der Waals surface area contributed by atoms with E-state index in [9.17, 15) is 9.59 Å². The van der Waals surface area contributed by atoms with Crippen LogP contribution in [0.3, 0.4) is 0 Å². The topological polar surface area (TPSA) is 85.9 Å². The number of ether oxygens (including phenoxy) is 3. The highest BCUT2D eigenvalue weighted by atomic mass is 16.5. The van der Waals surface area contributed by atoms with Crippen molar-refractivity contribution in [2.24, 2.45) is 0 Å². The number of rotatable bonds is 10. The Balaban J connectivity index is 1.64. The quantitative estimate of drug-likeness (QED) is 0.433. The van der Waals surface area contributed by atoms with Crippen LogP contribution in [0.4, 0.5) is 11.4 Å². The minimum Gasteiger partial charge on any atom is -0.493 e. The second-order valence-electron chi connectivity index (χ2n) is 7.30. The maximum absolute atomic E-state index is 12.4. The normalized spacial score (nSPS) is 10.3. The molecular weight excluding hydrogens is 420 g/mol. The van der Waals surface area contributed by atoms with Crippen LogP contribution < -0.4 is 20.1 Å². The standard InChI is InChI=1S/C26H28N2O5/c1-4-32-26(30)19-10-14-21(15-11-19)27-16-20-6-5-7-23(31-3)25(20)33-17-24(29)28-22-12-8-18(2)9-13-22/h5-15,27H,4,16-17H2,1-3H3,(H,28,29). The lowest BCUT2D eigenvalue weighted by Crippen LogP contribution is -2.21. The molecule has 0 saturated carbocycles. The number of methoxy groups -OCH3 is 1. The number of para-hydroxylation sites is 1. The van der Waals surface area contributed by atoms with Crippen molar-refractivity contribution in [2.45, 2.75) is 20.4 Å². The Labute approximate surface area is 193 Å². The molecule has 0 aliphatic carbocycles. The highest BCUT2D eigenvalue weighted by Gasteiger charge is 2.13. The third-order valence-electron chi connectivity index (χ3n) is 4.84. The predicted molar refractivity (Wildman–Crippen MR) is 128 cm³/mol. The first-order valence-electron chi connectivity index (χ1n) is 10.7. The van der Waals surface area contributed by atoms with Gasteiger partial charge in [-0.2, -0.15) is 0 Å². The Bertz CT molecular complexity index is 1080. The van der Waals surface area contributed by atoms with Crippen molar-refractivity contribution >= 4 is 23.3 Å². The van der Waals surface area contributed by atoms with Gasteiger partial charge in [-0.3, -0.25) is 4.79 Å². The maximum atomic E-state index is 12.4. The summed E-state index contributed by atoms with van der Waals surface area (Å²) in [6, 6.07) is 20.1. The van der Waals surface area contributed by atoms with Crippen LogP contribution in [-0.2, 0) is 16.1 Å². The molecule has 0 saturated heterocycles. The SMILES string of the molecule is CCOC(=O)c1ccc(NCc2cccc(OC)c2OCC(=O)Nc2ccc(C)cc2)cc1. The number of anilines is 2. The first-order valence-corrected chi connectivity index (χ1v) is 10.7. The van der Waals surface area contributed by atoms with Gasteiger partial charge >= 0.3 is 5.97 Å². The molecule has 3 rings (SSSR count). The van der Waals surface area contributed by atoms with Crippen molar-refractivity contribution in [1.82, 2.24) is 0 Å². The lowest BCUT2D eigenvalue weighted by Gasteiger charge is -2.16. The molecule has 3 aromatic rings. The summed E-state index contributed by atoms with van der Waals surface area (Å²) >= 11 is 0. The fourth-order valence-corrected chi connectivity index (χ4v) is 3.13. The molecule has 0 radical (unpaired) electrons. The highest BCUT2D eigenvalue weighted by Crippen LogP contribution is 2.31. The molecule has 2 N–H and O–H groups in total. The van der Waals surface area contributed by atoms with E-state index in [0.29, 0.717) is 35.9 Å². The van der Waals surface area contributed by atoms with E-state index in [1.807, 2.05) is 55.5 Å². The number of carbonyl (C=O) groups excluding carboxylic acids is 2. The molecule has 7 heteroatoms. The first kappa shape index (κ1) is 23.7. The van der Waals surface area contributed by atoms with Crippen molar-refractivity contribution in [3.8, 4) is 11.5 Å². The molecule has 0 spiro atoms. The number of carbonyl (C=O) groups is 2. The van der Waals surface area contributed by atoms with Crippen LogP contribution in [-0.4, -0.2) is 32.2 Å². The van der Waals surface area contributed by atoms with Gasteiger partial charge < -0.3 is 24.8 Å². The first-order chi connectivity index (χ1) is 16.0. The molecule has 172 valence electrons. The summed E-state index contributed by atoms with van der Waals surface area (Å²) in [7, 11) is 1.56. The fraction of sp³-hybridized carbons (Fsp3) is 0.231. The Hall–Kier alpha value is -4.00. The predicted octanol–water partition coefficient (Wildman–Crippen LogP) is 4.81. The summed E-state index contributed by atoms with van der Waals surface area (Å²) in [5.41, 5.74) is 3.97. The molecule has 7 nitrogen and oxygen atoms in total. The van der Waals surface area contributed by atoms with Gasteiger partial charge in [-0.25, -0.2) is 4.79 Å². The molecule has 0 aromatic heterocycles. The van der Waals surface area contributed by atoms with Crippen LogP contribution in [0.1, 0.15) is 28.4 Å². The zero-order valence-corrected chi connectivity index (χ0v) is 19.0. The van der Waals surface area contributed by atoms with Crippen molar-refractivity contribution in [1.29, 1.82) is 0 Å². The van der Waals surface area contributed by atoms with Gasteiger partial charge in [-0.1, -0.05) is 29.8 Å². The van der Waals surface area contributed by atoms with Gasteiger partial charge in [-0.05, 0) is 56.3 Å². The van der Waals surface area contributed by atoms with E-state index in [0.717, 1.165) is 16.8 Å². The summed E-state index contributed by atoms with van der Waals surface area (Å²) < 4.78 is 16.3. The minimum atomic E-state index is -0.351.